The molecule has 0 N–H and O–H groups in total. The molecule has 3 atom stereocenters. The van der Waals surface area contributed by atoms with Crippen molar-refractivity contribution in [1.29, 1.82) is 0 Å². The van der Waals surface area contributed by atoms with Gasteiger partial charge in [-0.15, -0.1) is 0 Å². The van der Waals surface area contributed by atoms with E-state index in [0.717, 1.165) is 25.9 Å². The van der Waals surface area contributed by atoms with Crippen molar-refractivity contribution in [2.75, 3.05) is 13.1 Å². The number of urea groups is 1. The van der Waals surface area contributed by atoms with Gasteiger partial charge in [-0.3, -0.25) is 0 Å². The fraction of sp³-hybridized carbons (Fsp3) is 0.706. The van der Waals surface area contributed by atoms with E-state index in [9.17, 15) is 4.79 Å². The zero-order chi connectivity index (χ0) is 14.2. The quantitative estimate of drug-likeness (QED) is 0.791. The first-order chi connectivity index (χ1) is 10.3. The predicted molar refractivity (Wildman–Crippen MR) is 80.2 cm³/mol. The topological polar surface area (TPSA) is 36.7 Å². The van der Waals surface area contributed by atoms with E-state index >= 15 is 0 Å². The Bertz CT molecular complexity index is 479. The molecule has 3 aliphatic heterocycles. The molecule has 0 spiro atoms. The highest BCUT2D eigenvalue weighted by atomic mass is 16.3. The SMILES string of the molecule is O=C(N1CCCCC1)N1[C@@H]2CC[C@H]1C[C@@H](c1ccoc1)C2. The zero-order valence-electron chi connectivity index (χ0n) is 12.5. The second-order valence-corrected chi connectivity index (χ2v) is 6.85. The van der Waals surface area contributed by atoms with Crippen molar-refractivity contribution in [2.24, 2.45) is 0 Å². The maximum Gasteiger partial charge on any atom is 0.320 e. The van der Waals surface area contributed by atoms with Gasteiger partial charge in [0.25, 0.3) is 0 Å². The molecular weight excluding hydrogens is 264 g/mol. The predicted octanol–water partition coefficient (Wildman–Crippen LogP) is 3.60. The van der Waals surface area contributed by atoms with Crippen molar-refractivity contribution in [2.45, 2.75) is 62.9 Å². The number of carbonyl (C=O) groups excluding carboxylic acids is 1. The highest BCUT2D eigenvalue weighted by Crippen LogP contribution is 2.43. The van der Waals surface area contributed by atoms with E-state index < -0.39 is 0 Å². The molecular formula is C17H24N2O2. The fourth-order valence-electron chi connectivity index (χ4n) is 4.52. The van der Waals surface area contributed by atoms with Crippen LogP contribution in [0.5, 0.6) is 0 Å². The van der Waals surface area contributed by atoms with Crippen molar-refractivity contribution in [3.05, 3.63) is 24.2 Å². The largest absolute Gasteiger partial charge is 0.472 e. The molecule has 2 bridgehead atoms. The molecule has 1 aromatic heterocycles. The van der Waals surface area contributed by atoms with Crippen LogP contribution in [0.15, 0.2) is 23.0 Å². The highest BCUT2D eigenvalue weighted by Gasteiger charge is 2.45. The molecule has 2 amide bonds. The third kappa shape index (κ3) is 2.34. The Balaban J connectivity index is 1.47. The number of amides is 2. The van der Waals surface area contributed by atoms with Gasteiger partial charge in [-0.25, -0.2) is 4.79 Å². The van der Waals surface area contributed by atoms with Crippen molar-refractivity contribution < 1.29 is 9.21 Å². The lowest BCUT2D eigenvalue weighted by Gasteiger charge is -2.42. The van der Waals surface area contributed by atoms with Crippen LogP contribution < -0.4 is 0 Å². The Hall–Kier alpha value is -1.45. The Kier molecular flexibility index (Phi) is 3.40. The second kappa shape index (κ2) is 5.39. The summed E-state index contributed by atoms with van der Waals surface area (Å²) in [6.45, 7) is 1.92. The van der Waals surface area contributed by atoms with Gasteiger partial charge in [0.2, 0.25) is 0 Å². The molecule has 4 rings (SSSR count). The van der Waals surface area contributed by atoms with Gasteiger partial charge in [0, 0.05) is 25.2 Å². The number of furan rings is 1. The van der Waals surface area contributed by atoms with Gasteiger partial charge in [-0.05, 0) is 62.5 Å². The normalized spacial score (nSPS) is 32.5. The van der Waals surface area contributed by atoms with Crippen molar-refractivity contribution in [3.63, 3.8) is 0 Å². The van der Waals surface area contributed by atoms with Gasteiger partial charge < -0.3 is 14.2 Å². The Morgan fingerprint density at radius 3 is 2.43 bits per heavy atom. The van der Waals surface area contributed by atoms with E-state index in [1.807, 2.05) is 6.26 Å². The summed E-state index contributed by atoms with van der Waals surface area (Å²) in [5.41, 5.74) is 1.32. The van der Waals surface area contributed by atoms with Gasteiger partial charge >= 0.3 is 6.03 Å². The molecule has 114 valence electrons. The molecule has 3 saturated heterocycles. The molecule has 0 aromatic carbocycles. The lowest BCUT2D eigenvalue weighted by Crippen LogP contribution is -2.52. The van der Waals surface area contributed by atoms with Crippen LogP contribution in [0.25, 0.3) is 0 Å². The molecule has 1 aromatic rings. The molecule has 0 aliphatic carbocycles. The van der Waals surface area contributed by atoms with Crippen LogP contribution in [0.1, 0.15) is 56.4 Å². The summed E-state index contributed by atoms with van der Waals surface area (Å²) in [7, 11) is 0. The first-order valence-corrected chi connectivity index (χ1v) is 8.42. The van der Waals surface area contributed by atoms with Gasteiger partial charge in [0.05, 0.1) is 12.5 Å². The summed E-state index contributed by atoms with van der Waals surface area (Å²) in [6.07, 6.45) is 11.8. The number of hydrogen-bond acceptors (Lipinski definition) is 2. The van der Waals surface area contributed by atoms with Crippen LogP contribution in [0.4, 0.5) is 4.79 Å². The lowest BCUT2D eigenvalue weighted by atomic mass is 9.86. The van der Waals surface area contributed by atoms with Crippen molar-refractivity contribution in [3.8, 4) is 0 Å². The number of likely N-dealkylation sites (tertiary alicyclic amines) is 1. The molecule has 3 fully saturated rings. The summed E-state index contributed by atoms with van der Waals surface area (Å²) in [5, 5.41) is 0. The molecule has 3 aliphatic rings. The second-order valence-electron chi connectivity index (χ2n) is 6.85. The van der Waals surface area contributed by atoms with Crippen LogP contribution in [0.2, 0.25) is 0 Å². The first-order valence-electron chi connectivity index (χ1n) is 8.42. The molecule has 0 radical (unpaired) electrons. The number of rotatable bonds is 1. The third-order valence-corrected chi connectivity index (χ3v) is 5.60. The smallest absolute Gasteiger partial charge is 0.320 e. The minimum atomic E-state index is 0.313. The average Bonchev–Trinajstić information content (AvgIpc) is 3.14. The molecule has 0 unspecified atom stereocenters. The number of carbonyl (C=O) groups is 1. The van der Waals surface area contributed by atoms with Gasteiger partial charge in [0.1, 0.15) is 0 Å². The van der Waals surface area contributed by atoms with E-state index in [-0.39, 0.29) is 0 Å². The van der Waals surface area contributed by atoms with E-state index in [1.165, 1.54) is 37.7 Å². The summed E-state index contributed by atoms with van der Waals surface area (Å²) in [6, 6.07) is 3.29. The van der Waals surface area contributed by atoms with Crippen LogP contribution in [0.3, 0.4) is 0 Å². The number of nitrogens with zero attached hydrogens (tertiary/aromatic N) is 2. The standard InChI is InChI=1S/C17H24N2O2/c20-17(18-7-2-1-3-8-18)19-15-4-5-16(19)11-14(10-15)13-6-9-21-12-13/h6,9,12,14-16H,1-5,7-8,10-11H2/t14-,15+,16-. The van der Waals surface area contributed by atoms with Crippen molar-refractivity contribution >= 4 is 6.03 Å². The van der Waals surface area contributed by atoms with Gasteiger partial charge in [-0.1, -0.05) is 0 Å². The van der Waals surface area contributed by atoms with Gasteiger partial charge in [0.15, 0.2) is 0 Å². The lowest BCUT2D eigenvalue weighted by molar-refractivity contribution is 0.0990. The monoisotopic (exact) mass is 288 g/mol. The molecule has 4 heteroatoms. The maximum atomic E-state index is 12.8. The van der Waals surface area contributed by atoms with Crippen LogP contribution in [-0.4, -0.2) is 41.0 Å². The van der Waals surface area contributed by atoms with E-state index in [4.69, 9.17) is 4.42 Å². The van der Waals surface area contributed by atoms with Crippen molar-refractivity contribution in [1.82, 2.24) is 9.80 Å². The van der Waals surface area contributed by atoms with Gasteiger partial charge in [-0.2, -0.15) is 0 Å². The van der Waals surface area contributed by atoms with Crippen LogP contribution in [0, 0.1) is 0 Å². The summed E-state index contributed by atoms with van der Waals surface area (Å²) in [4.78, 5) is 17.2. The van der Waals surface area contributed by atoms with E-state index in [2.05, 4.69) is 15.9 Å². The fourth-order valence-corrected chi connectivity index (χ4v) is 4.52. The summed E-state index contributed by atoms with van der Waals surface area (Å²) < 4.78 is 5.24. The maximum absolute atomic E-state index is 12.8. The van der Waals surface area contributed by atoms with E-state index in [1.54, 1.807) is 6.26 Å². The number of hydrogen-bond donors (Lipinski definition) is 0. The molecule has 0 saturated carbocycles. The average molecular weight is 288 g/mol. The number of fused-ring (bicyclic) bond motifs is 2. The van der Waals surface area contributed by atoms with Crippen LogP contribution >= 0.6 is 0 Å². The van der Waals surface area contributed by atoms with Crippen LogP contribution in [-0.2, 0) is 0 Å². The zero-order valence-corrected chi connectivity index (χ0v) is 12.5. The van der Waals surface area contributed by atoms with E-state index in [0.29, 0.717) is 24.0 Å². The third-order valence-electron chi connectivity index (χ3n) is 5.60. The Labute approximate surface area is 126 Å². The molecule has 4 heterocycles. The summed E-state index contributed by atoms with van der Waals surface area (Å²) in [5.74, 6) is 0.576. The minimum Gasteiger partial charge on any atom is -0.472 e. The number of piperidine rings is 2. The summed E-state index contributed by atoms with van der Waals surface area (Å²) >= 11 is 0. The molecule has 4 nitrogen and oxygen atoms in total. The Morgan fingerprint density at radius 2 is 1.81 bits per heavy atom. The first kappa shape index (κ1) is 13.2. The molecule has 21 heavy (non-hydrogen) atoms. The Morgan fingerprint density at radius 1 is 1.10 bits per heavy atom. The highest BCUT2D eigenvalue weighted by molar-refractivity contribution is 5.76. The minimum absolute atomic E-state index is 0.313.